The van der Waals surface area contributed by atoms with E-state index in [1.54, 1.807) is 60.7 Å². The summed E-state index contributed by atoms with van der Waals surface area (Å²) in [6, 6.07) is 24.3. The topological polar surface area (TPSA) is 138 Å². The van der Waals surface area contributed by atoms with Gasteiger partial charge in [0.2, 0.25) is 0 Å². The van der Waals surface area contributed by atoms with Crippen LogP contribution in [0.25, 0.3) is 0 Å². The monoisotopic (exact) mass is 516 g/mol. The van der Waals surface area contributed by atoms with Crippen LogP contribution >= 0.6 is 0 Å². The number of carbonyl (C=O) groups excluding carboxylic acids is 1. The number of aliphatic carboxylic acids is 1. The standard InChI is InChI=1S/C29H28N2O7/c30-20-21-13-15-23(16-14-21)31-29(35)38-28(22-7-6-10-25(19-22)36-18-17-32)26(11-4-5-12-27(33)34)37-24-8-2-1-3-9-24/h1-3,5-10,12-16,19,26,28,32H,4,11,17-18H2,(H,31,35)(H,33,34)/b12-5+/t26-,28-/m0/s1. The van der Waals surface area contributed by atoms with Gasteiger partial charge in [0, 0.05) is 11.8 Å². The van der Waals surface area contributed by atoms with Gasteiger partial charge < -0.3 is 24.4 Å². The minimum atomic E-state index is -1.06. The fourth-order valence-electron chi connectivity index (χ4n) is 3.58. The first-order valence-corrected chi connectivity index (χ1v) is 11.9. The molecular formula is C29H28N2O7. The molecule has 0 bridgehead atoms. The molecule has 0 saturated carbocycles. The summed E-state index contributed by atoms with van der Waals surface area (Å²) in [6.45, 7) is -0.0646. The Bertz CT molecular complexity index is 1250. The molecule has 3 N–H and O–H groups in total. The number of para-hydroxylation sites is 1. The van der Waals surface area contributed by atoms with Gasteiger partial charge in [-0.05, 0) is 66.9 Å². The molecule has 1 amide bonds. The summed E-state index contributed by atoms with van der Waals surface area (Å²) in [7, 11) is 0. The van der Waals surface area contributed by atoms with E-state index in [1.807, 2.05) is 24.3 Å². The number of carbonyl (C=O) groups is 2. The number of carboxylic acids is 1. The van der Waals surface area contributed by atoms with Gasteiger partial charge in [-0.1, -0.05) is 36.4 Å². The van der Waals surface area contributed by atoms with Crippen molar-refractivity contribution < 1.29 is 34.0 Å². The third kappa shape index (κ3) is 9.00. The molecule has 2 atom stereocenters. The molecule has 0 spiro atoms. The quantitative estimate of drug-likeness (QED) is 0.267. The number of hydrogen-bond acceptors (Lipinski definition) is 7. The number of nitrogens with zero attached hydrogens (tertiary/aromatic N) is 1. The molecule has 3 aromatic rings. The molecular weight excluding hydrogens is 488 g/mol. The Morgan fingerprint density at radius 2 is 1.74 bits per heavy atom. The van der Waals surface area contributed by atoms with Crippen molar-refractivity contribution in [1.29, 1.82) is 5.26 Å². The lowest BCUT2D eigenvalue weighted by atomic mass is 9.99. The Kier molecular flexibility index (Phi) is 10.7. The lowest BCUT2D eigenvalue weighted by molar-refractivity contribution is -0.131. The van der Waals surface area contributed by atoms with Crippen LogP contribution in [0.2, 0.25) is 0 Å². The van der Waals surface area contributed by atoms with E-state index in [-0.39, 0.29) is 13.2 Å². The highest BCUT2D eigenvalue weighted by atomic mass is 16.6. The van der Waals surface area contributed by atoms with E-state index in [1.165, 1.54) is 6.08 Å². The lowest BCUT2D eigenvalue weighted by Crippen LogP contribution is -2.31. The Morgan fingerprint density at radius 1 is 1.00 bits per heavy atom. The summed E-state index contributed by atoms with van der Waals surface area (Å²) < 4.78 is 17.7. The van der Waals surface area contributed by atoms with Crippen molar-refractivity contribution in [2.75, 3.05) is 18.5 Å². The van der Waals surface area contributed by atoms with E-state index >= 15 is 0 Å². The van der Waals surface area contributed by atoms with Crippen molar-refractivity contribution in [2.24, 2.45) is 0 Å². The van der Waals surface area contributed by atoms with E-state index in [0.717, 1.165) is 6.08 Å². The van der Waals surface area contributed by atoms with Crippen molar-refractivity contribution in [1.82, 2.24) is 0 Å². The largest absolute Gasteiger partial charge is 0.491 e. The van der Waals surface area contributed by atoms with Crippen LogP contribution in [0.3, 0.4) is 0 Å². The highest BCUT2D eigenvalue weighted by Crippen LogP contribution is 2.31. The Hall–Kier alpha value is -4.81. The molecule has 3 rings (SSSR count). The number of ether oxygens (including phenoxy) is 3. The predicted molar refractivity (Wildman–Crippen MR) is 140 cm³/mol. The Labute approximate surface area is 220 Å². The first-order chi connectivity index (χ1) is 18.5. The molecule has 0 aromatic heterocycles. The Balaban J connectivity index is 1.91. The van der Waals surface area contributed by atoms with Crippen molar-refractivity contribution >= 4 is 17.7 Å². The summed E-state index contributed by atoms with van der Waals surface area (Å²) >= 11 is 0. The summed E-state index contributed by atoms with van der Waals surface area (Å²) in [5.74, 6) is -0.0377. The predicted octanol–water partition coefficient (Wildman–Crippen LogP) is 5.09. The zero-order valence-corrected chi connectivity index (χ0v) is 20.5. The SMILES string of the molecule is N#Cc1ccc(NC(=O)O[C@@H](c2cccc(OCCO)c2)[C@H](CC/C=C/C(=O)O)Oc2ccccc2)cc1. The number of amides is 1. The third-order valence-corrected chi connectivity index (χ3v) is 5.29. The molecule has 9 heteroatoms. The van der Waals surface area contributed by atoms with Gasteiger partial charge in [0.05, 0.1) is 18.2 Å². The average Bonchev–Trinajstić information content (AvgIpc) is 2.93. The van der Waals surface area contributed by atoms with E-state index in [4.69, 9.17) is 29.7 Å². The van der Waals surface area contributed by atoms with Gasteiger partial charge in [0.25, 0.3) is 0 Å². The van der Waals surface area contributed by atoms with Crippen LogP contribution in [0.4, 0.5) is 10.5 Å². The molecule has 3 aromatic carbocycles. The van der Waals surface area contributed by atoms with Crippen LogP contribution in [-0.4, -0.2) is 41.6 Å². The van der Waals surface area contributed by atoms with Crippen molar-refractivity contribution in [3.8, 4) is 17.6 Å². The van der Waals surface area contributed by atoms with Gasteiger partial charge >= 0.3 is 12.1 Å². The number of aliphatic hydroxyl groups is 1. The molecule has 0 heterocycles. The molecule has 0 aliphatic rings. The van der Waals surface area contributed by atoms with Gasteiger partial charge in [-0.25, -0.2) is 9.59 Å². The summed E-state index contributed by atoms with van der Waals surface area (Å²) in [5.41, 5.74) is 1.48. The lowest BCUT2D eigenvalue weighted by Gasteiger charge is -2.28. The van der Waals surface area contributed by atoms with E-state index in [0.29, 0.717) is 41.2 Å². The van der Waals surface area contributed by atoms with Crippen LogP contribution < -0.4 is 14.8 Å². The van der Waals surface area contributed by atoms with Crippen molar-refractivity contribution in [3.05, 3.63) is 102 Å². The zero-order valence-electron chi connectivity index (χ0n) is 20.5. The minimum absolute atomic E-state index is 0.0953. The first kappa shape index (κ1) is 27.8. The number of carboxylic acid groups (broad SMARTS) is 1. The fraction of sp³-hybridized carbons (Fsp3) is 0.207. The van der Waals surface area contributed by atoms with Gasteiger partial charge in [-0.2, -0.15) is 5.26 Å². The second-order valence-corrected chi connectivity index (χ2v) is 8.07. The summed E-state index contributed by atoms with van der Waals surface area (Å²) in [4.78, 5) is 23.9. The van der Waals surface area contributed by atoms with Crippen LogP contribution in [-0.2, 0) is 9.53 Å². The van der Waals surface area contributed by atoms with Crippen LogP contribution in [0.1, 0.15) is 30.1 Å². The molecule has 0 saturated heterocycles. The molecule has 0 aliphatic carbocycles. The number of anilines is 1. The van der Waals surface area contributed by atoms with Gasteiger partial charge in [0.15, 0.2) is 6.10 Å². The molecule has 0 fully saturated rings. The maximum absolute atomic E-state index is 13.0. The highest BCUT2D eigenvalue weighted by Gasteiger charge is 2.29. The number of rotatable bonds is 13. The molecule has 196 valence electrons. The number of aliphatic hydroxyl groups excluding tert-OH is 1. The van der Waals surface area contributed by atoms with E-state index in [9.17, 15) is 9.59 Å². The molecule has 38 heavy (non-hydrogen) atoms. The second kappa shape index (κ2) is 14.7. The average molecular weight is 517 g/mol. The second-order valence-electron chi connectivity index (χ2n) is 8.07. The van der Waals surface area contributed by atoms with Gasteiger partial charge in [-0.15, -0.1) is 0 Å². The third-order valence-electron chi connectivity index (χ3n) is 5.29. The fourth-order valence-corrected chi connectivity index (χ4v) is 3.58. The Morgan fingerprint density at radius 3 is 2.42 bits per heavy atom. The normalized spacial score (nSPS) is 12.2. The number of benzene rings is 3. The van der Waals surface area contributed by atoms with Gasteiger partial charge in [-0.3, -0.25) is 5.32 Å². The van der Waals surface area contributed by atoms with Crippen molar-refractivity contribution in [2.45, 2.75) is 25.0 Å². The van der Waals surface area contributed by atoms with Crippen LogP contribution in [0, 0.1) is 11.3 Å². The van der Waals surface area contributed by atoms with E-state index < -0.39 is 24.3 Å². The van der Waals surface area contributed by atoms with E-state index in [2.05, 4.69) is 5.32 Å². The van der Waals surface area contributed by atoms with Gasteiger partial charge in [0.1, 0.15) is 24.2 Å². The summed E-state index contributed by atoms with van der Waals surface area (Å²) in [6.07, 6.45) is 0.884. The number of nitrogens with one attached hydrogen (secondary N) is 1. The molecule has 0 unspecified atom stereocenters. The zero-order chi connectivity index (χ0) is 27.2. The van der Waals surface area contributed by atoms with Crippen molar-refractivity contribution in [3.63, 3.8) is 0 Å². The maximum Gasteiger partial charge on any atom is 0.412 e. The maximum atomic E-state index is 13.0. The minimum Gasteiger partial charge on any atom is -0.491 e. The summed E-state index contributed by atoms with van der Waals surface area (Å²) in [5, 5.41) is 29.7. The highest BCUT2D eigenvalue weighted by molar-refractivity contribution is 5.84. The number of allylic oxidation sites excluding steroid dienone is 1. The van der Waals surface area contributed by atoms with Crippen LogP contribution in [0.15, 0.2) is 91.0 Å². The van der Waals surface area contributed by atoms with Crippen LogP contribution in [0.5, 0.6) is 11.5 Å². The number of nitriles is 1. The number of hydrogen-bond donors (Lipinski definition) is 3. The molecule has 0 radical (unpaired) electrons. The molecule has 9 nitrogen and oxygen atoms in total. The first-order valence-electron chi connectivity index (χ1n) is 11.9. The molecule has 0 aliphatic heterocycles. The smallest absolute Gasteiger partial charge is 0.412 e.